The van der Waals surface area contributed by atoms with Crippen LogP contribution < -0.4 is 4.74 Å². The Kier molecular flexibility index (Phi) is 6.16. The van der Waals surface area contributed by atoms with Gasteiger partial charge in [0.2, 0.25) is 0 Å². The summed E-state index contributed by atoms with van der Waals surface area (Å²) in [5.41, 5.74) is 2.89. The average Bonchev–Trinajstić information content (AvgIpc) is 3.25. The van der Waals surface area contributed by atoms with E-state index in [2.05, 4.69) is 15.0 Å². The van der Waals surface area contributed by atoms with Crippen LogP contribution in [0.1, 0.15) is 37.3 Å². The first-order chi connectivity index (χ1) is 14.6. The van der Waals surface area contributed by atoms with Crippen LogP contribution in [0.3, 0.4) is 0 Å². The number of ketones is 1. The summed E-state index contributed by atoms with van der Waals surface area (Å²) >= 11 is 0. The van der Waals surface area contributed by atoms with E-state index in [4.69, 9.17) is 0 Å². The fourth-order valence-corrected chi connectivity index (χ4v) is 4.11. The van der Waals surface area contributed by atoms with E-state index in [1.54, 1.807) is 18.3 Å². The average molecular weight is 411 g/mol. The van der Waals surface area contributed by atoms with E-state index in [1.165, 1.54) is 12.1 Å². The van der Waals surface area contributed by atoms with Crippen LogP contribution in [0.5, 0.6) is 5.75 Å². The molecule has 7 heteroatoms. The van der Waals surface area contributed by atoms with Gasteiger partial charge in [-0.3, -0.25) is 4.79 Å². The van der Waals surface area contributed by atoms with Crippen molar-refractivity contribution in [2.24, 2.45) is 5.92 Å². The van der Waals surface area contributed by atoms with E-state index < -0.39 is 6.61 Å². The van der Waals surface area contributed by atoms with E-state index in [0.29, 0.717) is 6.42 Å². The minimum Gasteiger partial charge on any atom is -0.435 e. The second kappa shape index (κ2) is 9.15. The van der Waals surface area contributed by atoms with Crippen molar-refractivity contribution in [3.05, 3.63) is 66.4 Å². The van der Waals surface area contributed by atoms with Crippen molar-refractivity contribution in [2.75, 3.05) is 0 Å². The summed E-state index contributed by atoms with van der Waals surface area (Å²) in [4.78, 5) is 12.7. The van der Waals surface area contributed by atoms with E-state index in [0.717, 1.165) is 42.5 Å². The maximum absolute atomic E-state index is 12.7. The quantitative estimate of drug-likeness (QED) is 0.543. The Morgan fingerprint density at radius 1 is 1.03 bits per heavy atom. The smallest absolute Gasteiger partial charge is 0.387 e. The number of carbonyl (C=O) groups excluding carboxylic acids is 1. The SMILES string of the molecule is O=C(Cc1ccc(OC(F)F)cc1)C1CCC(n2nncc2-c2ccccc2)CC1. The third-order valence-corrected chi connectivity index (χ3v) is 5.67. The summed E-state index contributed by atoms with van der Waals surface area (Å²) in [6.07, 6.45) is 5.47. The Bertz CT molecular complexity index is 966. The summed E-state index contributed by atoms with van der Waals surface area (Å²) in [7, 11) is 0. The van der Waals surface area contributed by atoms with Gasteiger partial charge in [-0.2, -0.15) is 8.78 Å². The van der Waals surface area contributed by atoms with Gasteiger partial charge in [0.25, 0.3) is 0 Å². The molecule has 0 aliphatic heterocycles. The summed E-state index contributed by atoms with van der Waals surface area (Å²) < 4.78 is 30.8. The van der Waals surface area contributed by atoms with Gasteiger partial charge in [-0.05, 0) is 43.4 Å². The molecule has 0 radical (unpaired) electrons. The standard InChI is InChI=1S/C23H23F2N3O2/c24-23(25)30-20-12-6-16(7-13-20)14-22(29)18-8-10-19(11-9-18)28-21(15-26-27-28)17-4-2-1-3-5-17/h1-7,12-13,15,18-19,23H,8-11,14H2. The highest BCUT2D eigenvalue weighted by Gasteiger charge is 2.28. The van der Waals surface area contributed by atoms with Gasteiger partial charge in [-0.1, -0.05) is 47.7 Å². The van der Waals surface area contributed by atoms with E-state index in [1.807, 2.05) is 35.0 Å². The van der Waals surface area contributed by atoms with Gasteiger partial charge >= 0.3 is 6.61 Å². The number of hydrogen-bond acceptors (Lipinski definition) is 4. The van der Waals surface area contributed by atoms with Gasteiger partial charge in [0.1, 0.15) is 11.5 Å². The molecule has 0 saturated heterocycles. The molecule has 1 fully saturated rings. The highest BCUT2D eigenvalue weighted by atomic mass is 19.3. The van der Waals surface area contributed by atoms with Crippen LogP contribution in [0.2, 0.25) is 0 Å². The van der Waals surface area contributed by atoms with Crippen molar-refractivity contribution in [1.29, 1.82) is 0 Å². The van der Waals surface area contributed by atoms with Crippen molar-refractivity contribution in [3.63, 3.8) is 0 Å². The third kappa shape index (κ3) is 4.72. The molecule has 0 amide bonds. The lowest BCUT2D eigenvalue weighted by Crippen LogP contribution is -2.25. The number of aromatic nitrogens is 3. The number of alkyl halides is 2. The van der Waals surface area contributed by atoms with Gasteiger partial charge in [0.15, 0.2) is 0 Å². The number of ether oxygens (including phenoxy) is 1. The number of hydrogen-bond donors (Lipinski definition) is 0. The summed E-state index contributed by atoms with van der Waals surface area (Å²) in [5.74, 6) is 0.309. The first kappa shape index (κ1) is 20.2. The predicted octanol–water partition coefficient (Wildman–Crippen LogP) is 5.09. The Morgan fingerprint density at radius 3 is 2.40 bits per heavy atom. The molecule has 1 aromatic heterocycles. The molecule has 0 unspecified atom stereocenters. The fourth-order valence-electron chi connectivity index (χ4n) is 4.11. The molecular formula is C23H23F2N3O2. The first-order valence-electron chi connectivity index (χ1n) is 10.1. The molecule has 0 spiro atoms. The summed E-state index contributed by atoms with van der Waals surface area (Å²) in [6, 6.07) is 16.6. The number of benzene rings is 2. The van der Waals surface area contributed by atoms with Crippen molar-refractivity contribution in [3.8, 4) is 17.0 Å². The second-order valence-electron chi connectivity index (χ2n) is 7.60. The van der Waals surface area contributed by atoms with Crippen molar-refractivity contribution < 1.29 is 18.3 Å². The van der Waals surface area contributed by atoms with Crippen LogP contribution >= 0.6 is 0 Å². The highest BCUT2D eigenvalue weighted by molar-refractivity contribution is 5.83. The fraction of sp³-hybridized carbons (Fsp3) is 0.348. The van der Waals surface area contributed by atoms with E-state index >= 15 is 0 Å². The van der Waals surface area contributed by atoms with Gasteiger partial charge in [-0.25, -0.2) is 4.68 Å². The molecule has 30 heavy (non-hydrogen) atoms. The Morgan fingerprint density at radius 2 is 1.73 bits per heavy atom. The molecule has 5 nitrogen and oxygen atoms in total. The van der Waals surface area contributed by atoms with Crippen molar-refractivity contribution in [2.45, 2.75) is 44.8 Å². The number of halogens is 2. The van der Waals surface area contributed by atoms with Crippen molar-refractivity contribution in [1.82, 2.24) is 15.0 Å². The summed E-state index contributed by atoms with van der Waals surface area (Å²) in [6.45, 7) is -2.85. The first-order valence-corrected chi connectivity index (χ1v) is 10.1. The largest absolute Gasteiger partial charge is 0.435 e. The molecular weight excluding hydrogens is 388 g/mol. The molecule has 0 bridgehead atoms. The lowest BCUT2D eigenvalue weighted by Gasteiger charge is -2.28. The van der Waals surface area contributed by atoms with Crippen molar-refractivity contribution >= 4 is 5.78 Å². The minimum atomic E-state index is -2.85. The predicted molar refractivity (Wildman–Crippen MR) is 108 cm³/mol. The molecule has 1 saturated carbocycles. The van der Waals surface area contributed by atoms with Gasteiger partial charge in [0.05, 0.1) is 17.9 Å². The van der Waals surface area contributed by atoms with Gasteiger partial charge in [-0.15, -0.1) is 5.10 Å². The Hall–Kier alpha value is -3.09. The zero-order valence-electron chi connectivity index (χ0n) is 16.5. The number of Topliss-reactive ketones (excluding diaryl/α,β-unsaturated/α-hetero) is 1. The molecule has 4 rings (SSSR count). The monoisotopic (exact) mass is 411 g/mol. The van der Waals surface area contributed by atoms with Crippen LogP contribution in [-0.2, 0) is 11.2 Å². The number of nitrogens with zero attached hydrogens (tertiary/aromatic N) is 3. The lowest BCUT2D eigenvalue weighted by molar-refractivity contribution is -0.123. The lowest BCUT2D eigenvalue weighted by atomic mass is 9.82. The normalized spacial score (nSPS) is 19.0. The van der Waals surface area contributed by atoms with Crippen LogP contribution in [0, 0.1) is 5.92 Å². The summed E-state index contributed by atoms with van der Waals surface area (Å²) in [5, 5.41) is 8.40. The minimum absolute atomic E-state index is 0.0157. The van der Waals surface area contributed by atoms with Crippen LogP contribution in [0.25, 0.3) is 11.3 Å². The van der Waals surface area contributed by atoms with E-state index in [-0.39, 0.29) is 23.5 Å². The zero-order chi connectivity index (χ0) is 20.9. The molecule has 0 N–H and O–H groups in total. The molecule has 2 aromatic carbocycles. The molecule has 0 atom stereocenters. The Labute approximate surface area is 173 Å². The topological polar surface area (TPSA) is 57.0 Å². The molecule has 156 valence electrons. The second-order valence-corrected chi connectivity index (χ2v) is 7.60. The zero-order valence-corrected chi connectivity index (χ0v) is 16.5. The highest BCUT2D eigenvalue weighted by Crippen LogP contribution is 2.35. The molecule has 1 aliphatic carbocycles. The van der Waals surface area contributed by atoms with Crippen LogP contribution in [0.4, 0.5) is 8.78 Å². The maximum Gasteiger partial charge on any atom is 0.387 e. The maximum atomic E-state index is 12.7. The van der Waals surface area contributed by atoms with Gasteiger partial charge < -0.3 is 4.74 Å². The number of carbonyl (C=O) groups is 1. The van der Waals surface area contributed by atoms with E-state index in [9.17, 15) is 13.6 Å². The molecule has 1 aliphatic rings. The van der Waals surface area contributed by atoms with Gasteiger partial charge in [0, 0.05) is 17.9 Å². The molecule has 1 heterocycles. The van der Waals surface area contributed by atoms with Crippen LogP contribution in [-0.4, -0.2) is 27.4 Å². The molecule has 3 aromatic rings. The number of rotatable bonds is 7. The Balaban J connectivity index is 1.34. The third-order valence-electron chi connectivity index (χ3n) is 5.67. The van der Waals surface area contributed by atoms with Crippen LogP contribution in [0.15, 0.2) is 60.8 Å².